The minimum Gasteiger partial charge on any atom is -0.476 e. The molecule has 8 nitrogen and oxygen atoms in total. The van der Waals surface area contributed by atoms with Gasteiger partial charge in [0.2, 0.25) is 0 Å². The first-order chi connectivity index (χ1) is 9.06. The van der Waals surface area contributed by atoms with E-state index in [2.05, 4.69) is 20.9 Å². The number of hydrogen-bond donors (Lipinski definition) is 3. The van der Waals surface area contributed by atoms with Gasteiger partial charge in [0.15, 0.2) is 5.69 Å². The monoisotopic (exact) mass is 269 g/mol. The van der Waals surface area contributed by atoms with E-state index in [1.54, 1.807) is 0 Å². The van der Waals surface area contributed by atoms with Crippen molar-refractivity contribution >= 4 is 12.0 Å². The number of aromatic carboxylic acids is 1. The van der Waals surface area contributed by atoms with Crippen molar-refractivity contribution in [2.75, 3.05) is 6.54 Å². The average molecular weight is 269 g/mol. The van der Waals surface area contributed by atoms with Crippen LogP contribution in [-0.2, 0) is 6.54 Å². The summed E-state index contributed by atoms with van der Waals surface area (Å²) in [6.45, 7) is 4.75. The Balaban J connectivity index is 2.29. The van der Waals surface area contributed by atoms with Gasteiger partial charge in [-0.3, -0.25) is 0 Å². The molecule has 0 radical (unpaired) electrons. The fourth-order valence-corrected chi connectivity index (χ4v) is 1.52. The predicted molar refractivity (Wildman–Crippen MR) is 67.9 cm³/mol. The van der Waals surface area contributed by atoms with E-state index in [-0.39, 0.29) is 17.8 Å². The molecule has 0 aliphatic rings. The molecule has 3 N–H and O–H groups in total. The molecule has 0 aliphatic carbocycles. The number of urea groups is 1. The first-order valence-electron chi connectivity index (χ1n) is 6.24. The molecule has 0 aromatic carbocycles. The average Bonchev–Trinajstić information content (AvgIpc) is 2.85. The molecular weight excluding hydrogens is 250 g/mol. The number of rotatable bonds is 7. The quantitative estimate of drug-likeness (QED) is 0.666. The summed E-state index contributed by atoms with van der Waals surface area (Å²) in [6.07, 6.45) is 3.09. The maximum absolute atomic E-state index is 11.5. The van der Waals surface area contributed by atoms with Gasteiger partial charge in [0.1, 0.15) is 0 Å². The van der Waals surface area contributed by atoms with Crippen molar-refractivity contribution in [3.63, 3.8) is 0 Å². The highest BCUT2D eigenvalue weighted by Crippen LogP contribution is 1.95. The molecule has 0 unspecified atom stereocenters. The zero-order valence-corrected chi connectivity index (χ0v) is 11.1. The van der Waals surface area contributed by atoms with Crippen LogP contribution in [0.1, 0.15) is 37.2 Å². The number of nitrogens with zero attached hydrogens (tertiary/aromatic N) is 3. The molecule has 0 saturated carbocycles. The third-order valence-electron chi connectivity index (χ3n) is 2.71. The molecule has 0 bridgehead atoms. The lowest BCUT2D eigenvalue weighted by Gasteiger charge is -2.15. The third kappa shape index (κ3) is 4.94. The molecule has 0 saturated heterocycles. The van der Waals surface area contributed by atoms with Gasteiger partial charge in [0.05, 0.1) is 12.7 Å². The van der Waals surface area contributed by atoms with Crippen molar-refractivity contribution in [1.82, 2.24) is 25.6 Å². The fourth-order valence-electron chi connectivity index (χ4n) is 1.52. The highest BCUT2D eigenvalue weighted by atomic mass is 16.4. The van der Waals surface area contributed by atoms with Gasteiger partial charge in [0, 0.05) is 12.6 Å². The first kappa shape index (κ1) is 14.9. The fraction of sp³-hybridized carbons (Fsp3) is 0.636. The van der Waals surface area contributed by atoms with Crippen LogP contribution in [0.25, 0.3) is 0 Å². The Hall–Kier alpha value is -2.12. The predicted octanol–water partition coefficient (Wildman–Crippen LogP) is 0.464. The molecule has 0 aliphatic heterocycles. The number of carbonyl (C=O) groups excluding carboxylic acids is 1. The van der Waals surface area contributed by atoms with Gasteiger partial charge in [-0.05, 0) is 12.8 Å². The normalized spacial score (nSPS) is 10.5. The smallest absolute Gasteiger partial charge is 0.358 e. The van der Waals surface area contributed by atoms with Crippen LogP contribution < -0.4 is 10.6 Å². The Kier molecular flexibility index (Phi) is 5.77. The lowest BCUT2D eigenvalue weighted by Crippen LogP contribution is -2.42. The molecule has 106 valence electrons. The van der Waals surface area contributed by atoms with E-state index < -0.39 is 5.97 Å². The number of nitrogens with one attached hydrogen (secondary N) is 2. The van der Waals surface area contributed by atoms with Crippen LogP contribution in [0.3, 0.4) is 0 Å². The summed E-state index contributed by atoms with van der Waals surface area (Å²) in [5, 5.41) is 21.3. The van der Waals surface area contributed by atoms with Crippen molar-refractivity contribution in [1.29, 1.82) is 0 Å². The Morgan fingerprint density at radius 2 is 2.11 bits per heavy atom. The lowest BCUT2D eigenvalue weighted by atomic mass is 10.2. The standard InChI is InChI=1S/C11H19N5O3/c1-3-8(4-2)13-11(19)12-5-6-16-7-9(10(17)18)14-15-16/h7-8H,3-6H2,1-2H3,(H,17,18)(H2,12,13,19). The summed E-state index contributed by atoms with van der Waals surface area (Å²) in [5.74, 6) is -1.12. The maximum atomic E-state index is 11.5. The van der Waals surface area contributed by atoms with Crippen LogP contribution >= 0.6 is 0 Å². The van der Waals surface area contributed by atoms with Gasteiger partial charge in [-0.15, -0.1) is 5.10 Å². The molecule has 0 atom stereocenters. The summed E-state index contributed by atoms with van der Waals surface area (Å²) in [7, 11) is 0. The summed E-state index contributed by atoms with van der Waals surface area (Å²) >= 11 is 0. The molecule has 1 rings (SSSR count). The van der Waals surface area contributed by atoms with Crippen LogP contribution in [0.2, 0.25) is 0 Å². The highest BCUT2D eigenvalue weighted by molar-refractivity contribution is 5.84. The molecular formula is C11H19N5O3. The maximum Gasteiger partial charge on any atom is 0.358 e. The van der Waals surface area contributed by atoms with Crippen LogP contribution in [0, 0.1) is 0 Å². The topological polar surface area (TPSA) is 109 Å². The van der Waals surface area contributed by atoms with Crippen LogP contribution in [0.15, 0.2) is 6.20 Å². The van der Waals surface area contributed by atoms with Gasteiger partial charge >= 0.3 is 12.0 Å². The number of amides is 2. The second-order valence-corrected chi connectivity index (χ2v) is 4.09. The van der Waals surface area contributed by atoms with E-state index >= 15 is 0 Å². The Morgan fingerprint density at radius 3 is 2.63 bits per heavy atom. The van der Waals surface area contributed by atoms with E-state index in [1.807, 2.05) is 13.8 Å². The van der Waals surface area contributed by atoms with Crippen molar-refractivity contribution in [3.8, 4) is 0 Å². The van der Waals surface area contributed by atoms with Gasteiger partial charge in [0.25, 0.3) is 0 Å². The minimum atomic E-state index is -1.12. The Labute approximate surface area is 111 Å². The molecule has 8 heteroatoms. The second-order valence-electron chi connectivity index (χ2n) is 4.09. The van der Waals surface area contributed by atoms with Crippen molar-refractivity contribution in [3.05, 3.63) is 11.9 Å². The Morgan fingerprint density at radius 1 is 1.42 bits per heavy atom. The molecule has 1 aromatic rings. The lowest BCUT2D eigenvalue weighted by molar-refractivity contribution is 0.0690. The highest BCUT2D eigenvalue weighted by Gasteiger charge is 2.09. The van der Waals surface area contributed by atoms with Gasteiger partial charge in [-0.25, -0.2) is 14.3 Å². The van der Waals surface area contributed by atoms with Crippen LogP contribution in [0.4, 0.5) is 4.79 Å². The SMILES string of the molecule is CCC(CC)NC(=O)NCCn1cc(C(=O)O)nn1. The minimum absolute atomic E-state index is 0.110. The molecule has 19 heavy (non-hydrogen) atoms. The molecule has 1 aromatic heterocycles. The number of hydrogen-bond acceptors (Lipinski definition) is 4. The van der Waals surface area contributed by atoms with E-state index in [1.165, 1.54) is 10.9 Å². The Bertz CT molecular complexity index is 428. The van der Waals surface area contributed by atoms with Crippen LogP contribution in [-0.4, -0.2) is 44.7 Å². The first-order valence-corrected chi connectivity index (χ1v) is 6.24. The molecule has 0 fully saturated rings. The van der Waals surface area contributed by atoms with Crippen LogP contribution in [0.5, 0.6) is 0 Å². The molecule has 0 spiro atoms. The van der Waals surface area contributed by atoms with Crippen molar-refractivity contribution < 1.29 is 14.7 Å². The number of aromatic nitrogens is 3. The summed E-state index contributed by atoms with van der Waals surface area (Å²) in [4.78, 5) is 22.1. The zero-order chi connectivity index (χ0) is 14.3. The second kappa shape index (κ2) is 7.34. The molecule has 1 heterocycles. The zero-order valence-electron chi connectivity index (χ0n) is 11.1. The van der Waals surface area contributed by atoms with Gasteiger partial charge in [-0.2, -0.15) is 0 Å². The van der Waals surface area contributed by atoms with Gasteiger partial charge in [-0.1, -0.05) is 19.1 Å². The summed E-state index contributed by atoms with van der Waals surface area (Å²) in [5.41, 5.74) is -0.110. The van der Waals surface area contributed by atoms with Crippen molar-refractivity contribution in [2.45, 2.75) is 39.3 Å². The van der Waals surface area contributed by atoms with E-state index in [4.69, 9.17) is 5.11 Å². The largest absolute Gasteiger partial charge is 0.476 e. The summed E-state index contributed by atoms with van der Waals surface area (Å²) in [6, 6.07) is -0.0581. The number of carboxylic acid groups (broad SMARTS) is 1. The van der Waals surface area contributed by atoms with E-state index in [0.717, 1.165) is 12.8 Å². The number of carbonyl (C=O) groups is 2. The van der Waals surface area contributed by atoms with E-state index in [9.17, 15) is 9.59 Å². The van der Waals surface area contributed by atoms with Crippen molar-refractivity contribution in [2.24, 2.45) is 0 Å². The summed E-state index contributed by atoms with van der Waals surface area (Å²) < 4.78 is 1.38. The van der Waals surface area contributed by atoms with E-state index in [0.29, 0.717) is 13.1 Å². The molecule has 2 amide bonds. The number of carboxylic acids is 1. The van der Waals surface area contributed by atoms with Gasteiger partial charge < -0.3 is 15.7 Å². The third-order valence-corrected chi connectivity index (χ3v) is 2.71.